The van der Waals surface area contributed by atoms with E-state index in [4.69, 9.17) is 9.47 Å². The molecule has 20 heavy (non-hydrogen) atoms. The number of hydrogen-bond acceptors (Lipinski definition) is 4. The number of rotatable bonds is 9. The third kappa shape index (κ3) is 5.90. The molecule has 0 aromatic heterocycles. The van der Waals surface area contributed by atoms with E-state index in [0.29, 0.717) is 12.1 Å². The maximum atomic E-state index is 5.33. The summed E-state index contributed by atoms with van der Waals surface area (Å²) < 4.78 is 10.6. The van der Waals surface area contributed by atoms with Crippen molar-refractivity contribution in [3.05, 3.63) is 29.8 Å². The number of hydrogen-bond donors (Lipinski definition) is 1. The topological polar surface area (TPSA) is 33.7 Å². The van der Waals surface area contributed by atoms with Crippen LogP contribution in [0.4, 0.5) is 0 Å². The summed E-state index contributed by atoms with van der Waals surface area (Å²) in [6.45, 7) is 6.84. The van der Waals surface area contributed by atoms with Crippen LogP contribution in [0.3, 0.4) is 0 Å². The Morgan fingerprint density at radius 2 is 2.00 bits per heavy atom. The van der Waals surface area contributed by atoms with Gasteiger partial charge in [-0.2, -0.15) is 0 Å². The second-order valence-electron chi connectivity index (χ2n) is 5.44. The van der Waals surface area contributed by atoms with Gasteiger partial charge in [-0.05, 0) is 24.7 Å². The highest BCUT2D eigenvalue weighted by Gasteiger charge is 2.15. The monoisotopic (exact) mass is 280 g/mol. The highest BCUT2D eigenvalue weighted by Crippen LogP contribution is 2.14. The van der Waals surface area contributed by atoms with E-state index in [2.05, 4.69) is 43.2 Å². The van der Waals surface area contributed by atoms with E-state index in [1.165, 1.54) is 5.56 Å². The van der Waals surface area contributed by atoms with Gasteiger partial charge in [0.15, 0.2) is 0 Å². The first-order valence-electron chi connectivity index (χ1n) is 7.12. The molecule has 4 heteroatoms. The molecule has 0 aliphatic carbocycles. The van der Waals surface area contributed by atoms with E-state index in [-0.39, 0.29) is 0 Å². The molecule has 0 amide bonds. The fourth-order valence-corrected chi connectivity index (χ4v) is 2.09. The van der Waals surface area contributed by atoms with Gasteiger partial charge in [0.25, 0.3) is 0 Å². The maximum Gasteiger partial charge on any atom is 0.119 e. The highest BCUT2D eigenvalue weighted by atomic mass is 16.5. The van der Waals surface area contributed by atoms with Crippen molar-refractivity contribution in [1.82, 2.24) is 10.2 Å². The van der Waals surface area contributed by atoms with Crippen LogP contribution in [0.1, 0.15) is 19.4 Å². The number of methoxy groups -OCH3 is 2. The standard InChI is InChI=1S/C16H28N2O2/c1-13(2)17-10-15(12-19-4)18(3)11-14-7-6-8-16(9-14)20-5/h6-9,13,15,17H,10-12H2,1-5H3. The van der Waals surface area contributed by atoms with Crippen LogP contribution in [0.5, 0.6) is 5.75 Å². The van der Waals surface area contributed by atoms with Gasteiger partial charge in [-0.3, -0.25) is 4.90 Å². The first kappa shape index (κ1) is 17.0. The molecule has 1 rings (SSSR count). The smallest absolute Gasteiger partial charge is 0.119 e. The summed E-state index contributed by atoms with van der Waals surface area (Å²) in [6.07, 6.45) is 0. The molecule has 4 nitrogen and oxygen atoms in total. The molecule has 0 spiro atoms. The Morgan fingerprint density at radius 1 is 1.25 bits per heavy atom. The van der Waals surface area contributed by atoms with Gasteiger partial charge < -0.3 is 14.8 Å². The lowest BCUT2D eigenvalue weighted by molar-refractivity contribution is 0.100. The molecule has 0 bridgehead atoms. The molecule has 0 heterocycles. The van der Waals surface area contributed by atoms with Crippen molar-refractivity contribution in [2.45, 2.75) is 32.5 Å². The molecule has 0 saturated heterocycles. The second-order valence-corrected chi connectivity index (χ2v) is 5.44. The molecule has 0 aliphatic heterocycles. The summed E-state index contributed by atoms with van der Waals surface area (Å²) in [5.41, 5.74) is 1.25. The van der Waals surface area contributed by atoms with Crippen LogP contribution in [-0.2, 0) is 11.3 Å². The zero-order valence-corrected chi connectivity index (χ0v) is 13.3. The van der Waals surface area contributed by atoms with Gasteiger partial charge in [0, 0.05) is 32.3 Å². The SMILES string of the molecule is COCC(CNC(C)C)N(C)Cc1cccc(OC)c1. The Morgan fingerprint density at radius 3 is 2.60 bits per heavy atom. The van der Waals surface area contributed by atoms with Crippen molar-refractivity contribution in [3.63, 3.8) is 0 Å². The normalized spacial score (nSPS) is 12.9. The van der Waals surface area contributed by atoms with Crippen molar-refractivity contribution in [2.75, 3.05) is 34.4 Å². The lowest BCUT2D eigenvalue weighted by atomic mass is 10.1. The summed E-state index contributed by atoms with van der Waals surface area (Å²) in [7, 11) is 5.58. The van der Waals surface area contributed by atoms with Gasteiger partial charge in [-0.15, -0.1) is 0 Å². The lowest BCUT2D eigenvalue weighted by Gasteiger charge is -2.28. The Bertz CT molecular complexity index is 382. The first-order chi connectivity index (χ1) is 9.56. The average molecular weight is 280 g/mol. The minimum absolute atomic E-state index is 0.355. The fourth-order valence-electron chi connectivity index (χ4n) is 2.09. The third-order valence-electron chi connectivity index (χ3n) is 3.31. The van der Waals surface area contributed by atoms with Crippen molar-refractivity contribution in [1.29, 1.82) is 0 Å². The van der Waals surface area contributed by atoms with Crippen LogP contribution < -0.4 is 10.1 Å². The predicted molar refractivity (Wildman–Crippen MR) is 83.3 cm³/mol. The molecule has 1 N–H and O–H groups in total. The second kappa shape index (κ2) is 8.95. The van der Waals surface area contributed by atoms with E-state index in [9.17, 15) is 0 Å². The number of likely N-dealkylation sites (N-methyl/N-ethyl adjacent to an activating group) is 1. The van der Waals surface area contributed by atoms with Gasteiger partial charge in [0.05, 0.1) is 13.7 Å². The Kier molecular flexibility index (Phi) is 7.59. The zero-order chi connectivity index (χ0) is 15.0. The van der Waals surface area contributed by atoms with Gasteiger partial charge in [-0.25, -0.2) is 0 Å². The molecule has 0 aliphatic rings. The predicted octanol–water partition coefficient (Wildman–Crippen LogP) is 2.14. The van der Waals surface area contributed by atoms with Crippen molar-refractivity contribution in [3.8, 4) is 5.75 Å². The van der Waals surface area contributed by atoms with E-state index >= 15 is 0 Å². The van der Waals surface area contributed by atoms with Crippen LogP contribution >= 0.6 is 0 Å². The number of ether oxygens (including phenoxy) is 2. The summed E-state index contributed by atoms with van der Waals surface area (Å²) in [5.74, 6) is 0.902. The minimum atomic E-state index is 0.355. The summed E-state index contributed by atoms with van der Waals surface area (Å²) >= 11 is 0. The molecule has 0 saturated carbocycles. The van der Waals surface area contributed by atoms with Gasteiger partial charge in [-0.1, -0.05) is 26.0 Å². The molecule has 0 radical (unpaired) electrons. The number of benzene rings is 1. The van der Waals surface area contributed by atoms with E-state index < -0.39 is 0 Å². The van der Waals surface area contributed by atoms with E-state index in [1.54, 1.807) is 14.2 Å². The summed E-state index contributed by atoms with van der Waals surface area (Å²) in [4.78, 5) is 2.31. The van der Waals surface area contributed by atoms with E-state index in [0.717, 1.165) is 25.4 Å². The summed E-state index contributed by atoms with van der Waals surface area (Å²) in [6, 6.07) is 9.04. The largest absolute Gasteiger partial charge is 0.497 e. The van der Waals surface area contributed by atoms with Crippen molar-refractivity contribution in [2.24, 2.45) is 0 Å². The van der Waals surface area contributed by atoms with Crippen LogP contribution in [0, 0.1) is 0 Å². The molecule has 114 valence electrons. The number of nitrogens with zero attached hydrogens (tertiary/aromatic N) is 1. The molecular formula is C16H28N2O2. The molecular weight excluding hydrogens is 252 g/mol. The van der Waals surface area contributed by atoms with Crippen LogP contribution in [-0.4, -0.2) is 51.4 Å². The quantitative estimate of drug-likeness (QED) is 0.751. The van der Waals surface area contributed by atoms with E-state index in [1.807, 2.05) is 12.1 Å². The molecule has 1 aromatic rings. The average Bonchev–Trinajstić information content (AvgIpc) is 2.43. The number of nitrogens with one attached hydrogen (secondary N) is 1. The Balaban J connectivity index is 2.61. The molecule has 1 unspecified atom stereocenters. The van der Waals surface area contributed by atoms with Crippen molar-refractivity contribution >= 4 is 0 Å². The van der Waals surface area contributed by atoms with Gasteiger partial charge in [0.1, 0.15) is 5.75 Å². The maximum absolute atomic E-state index is 5.33. The Hall–Kier alpha value is -1.10. The minimum Gasteiger partial charge on any atom is -0.497 e. The van der Waals surface area contributed by atoms with Crippen LogP contribution in [0.25, 0.3) is 0 Å². The first-order valence-corrected chi connectivity index (χ1v) is 7.12. The third-order valence-corrected chi connectivity index (χ3v) is 3.31. The molecule has 0 fully saturated rings. The van der Waals surface area contributed by atoms with Crippen LogP contribution in [0.15, 0.2) is 24.3 Å². The fraction of sp³-hybridized carbons (Fsp3) is 0.625. The molecule has 1 aromatic carbocycles. The van der Waals surface area contributed by atoms with Crippen molar-refractivity contribution < 1.29 is 9.47 Å². The van der Waals surface area contributed by atoms with Crippen LogP contribution in [0.2, 0.25) is 0 Å². The Labute approximate surface area is 123 Å². The van der Waals surface area contributed by atoms with Gasteiger partial charge in [0.2, 0.25) is 0 Å². The zero-order valence-electron chi connectivity index (χ0n) is 13.3. The lowest BCUT2D eigenvalue weighted by Crippen LogP contribution is -2.44. The van der Waals surface area contributed by atoms with Gasteiger partial charge >= 0.3 is 0 Å². The summed E-state index contributed by atoms with van der Waals surface area (Å²) in [5, 5.41) is 3.47. The highest BCUT2D eigenvalue weighted by molar-refractivity contribution is 5.28. The molecule has 1 atom stereocenters.